The van der Waals surface area contributed by atoms with Crippen molar-refractivity contribution in [2.45, 2.75) is 13.8 Å². The first kappa shape index (κ1) is 13.7. The molecule has 1 N–H and O–H groups in total. The van der Waals surface area contributed by atoms with E-state index in [1.807, 2.05) is 19.1 Å². The summed E-state index contributed by atoms with van der Waals surface area (Å²) in [6, 6.07) is 11.5. The lowest BCUT2D eigenvalue weighted by atomic mass is 10.1. The molecule has 2 rings (SSSR count). The standard InChI is InChI=1S/C15H14N2O3/c1-10-3-5-12(6-4-10)15(18)16-14-8-7-13(17(19)20)9-11(14)2/h3-9H,1-2H3,(H,16,18). The molecule has 5 heteroatoms. The molecule has 0 aromatic heterocycles. The number of benzene rings is 2. The van der Waals surface area contributed by atoms with Gasteiger partial charge in [-0.3, -0.25) is 14.9 Å². The van der Waals surface area contributed by atoms with Crippen LogP contribution >= 0.6 is 0 Å². The van der Waals surface area contributed by atoms with E-state index < -0.39 is 4.92 Å². The molecular weight excluding hydrogens is 256 g/mol. The Hall–Kier alpha value is -2.69. The summed E-state index contributed by atoms with van der Waals surface area (Å²) >= 11 is 0. The van der Waals surface area contributed by atoms with Gasteiger partial charge in [-0.15, -0.1) is 0 Å². The zero-order chi connectivity index (χ0) is 14.7. The van der Waals surface area contributed by atoms with E-state index >= 15 is 0 Å². The molecule has 1 amide bonds. The Morgan fingerprint density at radius 1 is 1.10 bits per heavy atom. The fourth-order valence-corrected chi connectivity index (χ4v) is 1.80. The molecule has 0 saturated carbocycles. The van der Waals surface area contributed by atoms with Gasteiger partial charge in [0.2, 0.25) is 0 Å². The van der Waals surface area contributed by atoms with Crippen molar-refractivity contribution in [3.05, 3.63) is 69.3 Å². The van der Waals surface area contributed by atoms with E-state index in [4.69, 9.17) is 0 Å². The maximum absolute atomic E-state index is 12.1. The van der Waals surface area contributed by atoms with E-state index in [2.05, 4.69) is 5.32 Å². The Bertz CT molecular complexity index is 663. The van der Waals surface area contributed by atoms with Crippen LogP contribution in [0.15, 0.2) is 42.5 Å². The molecule has 0 atom stereocenters. The lowest BCUT2D eigenvalue weighted by molar-refractivity contribution is -0.384. The van der Waals surface area contributed by atoms with Gasteiger partial charge in [0.05, 0.1) is 4.92 Å². The van der Waals surface area contributed by atoms with Gasteiger partial charge in [-0.05, 0) is 37.6 Å². The number of hydrogen-bond donors (Lipinski definition) is 1. The maximum Gasteiger partial charge on any atom is 0.269 e. The highest BCUT2D eigenvalue weighted by molar-refractivity contribution is 6.04. The second-order valence-electron chi connectivity index (χ2n) is 4.58. The molecule has 0 bridgehead atoms. The summed E-state index contributed by atoms with van der Waals surface area (Å²) in [5, 5.41) is 13.4. The number of nitrogens with one attached hydrogen (secondary N) is 1. The van der Waals surface area contributed by atoms with Gasteiger partial charge in [-0.1, -0.05) is 17.7 Å². The normalized spacial score (nSPS) is 10.1. The molecule has 0 aliphatic carbocycles. The predicted molar refractivity (Wildman–Crippen MR) is 77.0 cm³/mol. The molecule has 0 saturated heterocycles. The lowest BCUT2D eigenvalue weighted by Crippen LogP contribution is -2.12. The minimum absolute atomic E-state index is 0.0100. The number of aryl methyl sites for hydroxylation is 2. The quantitative estimate of drug-likeness (QED) is 0.685. The van der Waals surface area contributed by atoms with Gasteiger partial charge in [-0.2, -0.15) is 0 Å². The van der Waals surface area contributed by atoms with E-state index in [9.17, 15) is 14.9 Å². The number of carbonyl (C=O) groups is 1. The lowest BCUT2D eigenvalue weighted by Gasteiger charge is -2.08. The molecule has 0 spiro atoms. The molecular formula is C15H14N2O3. The molecule has 0 radical (unpaired) electrons. The first-order valence-electron chi connectivity index (χ1n) is 6.10. The fraction of sp³-hybridized carbons (Fsp3) is 0.133. The second-order valence-corrected chi connectivity index (χ2v) is 4.58. The number of hydrogen-bond acceptors (Lipinski definition) is 3. The summed E-state index contributed by atoms with van der Waals surface area (Å²) in [4.78, 5) is 22.2. The van der Waals surface area contributed by atoms with Crippen molar-refractivity contribution in [3.63, 3.8) is 0 Å². The van der Waals surface area contributed by atoms with Crippen molar-refractivity contribution < 1.29 is 9.72 Å². The number of amides is 1. The van der Waals surface area contributed by atoms with Gasteiger partial charge < -0.3 is 5.32 Å². The van der Waals surface area contributed by atoms with Crippen molar-refractivity contribution in [3.8, 4) is 0 Å². The Morgan fingerprint density at radius 2 is 1.75 bits per heavy atom. The van der Waals surface area contributed by atoms with Gasteiger partial charge in [0.1, 0.15) is 0 Å². The maximum atomic E-state index is 12.1. The SMILES string of the molecule is Cc1ccc(C(=O)Nc2ccc([N+](=O)[O-])cc2C)cc1. The smallest absolute Gasteiger partial charge is 0.269 e. The van der Waals surface area contributed by atoms with Gasteiger partial charge in [0.15, 0.2) is 0 Å². The number of nitrogens with zero attached hydrogens (tertiary/aromatic N) is 1. The van der Waals surface area contributed by atoms with Crippen LogP contribution in [0.5, 0.6) is 0 Å². The Balaban J connectivity index is 2.19. The zero-order valence-electron chi connectivity index (χ0n) is 11.2. The molecule has 0 aliphatic rings. The topological polar surface area (TPSA) is 72.2 Å². The Kier molecular flexibility index (Phi) is 3.79. The Labute approximate surface area is 116 Å². The van der Waals surface area contributed by atoms with E-state index in [0.29, 0.717) is 16.8 Å². The van der Waals surface area contributed by atoms with Gasteiger partial charge >= 0.3 is 0 Å². The van der Waals surface area contributed by atoms with Crippen LogP contribution in [0, 0.1) is 24.0 Å². The van der Waals surface area contributed by atoms with Crippen LogP contribution in [0.3, 0.4) is 0 Å². The largest absolute Gasteiger partial charge is 0.322 e. The van der Waals surface area contributed by atoms with Crippen molar-refractivity contribution >= 4 is 17.3 Å². The summed E-state index contributed by atoms with van der Waals surface area (Å²) in [5.74, 6) is -0.234. The predicted octanol–water partition coefficient (Wildman–Crippen LogP) is 3.46. The summed E-state index contributed by atoms with van der Waals surface area (Å²) in [6.45, 7) is 3.67. The van der Waals surface area contributed by atoms with E-state index in [1.165, 1.54) is 12.1 Å². The van der Waals surface area contributed by atoms with Crippen LogP contribution in [-0.2, 0) is 0 Å². The number of non-ortho nitro benzene ring substituents is 1. The molecule has 102 valence electrons. The van der Waals surface area contributed by atoms with Crippen molar-refractivity contribution in [2.75, 3.05) is 5.32 Å². The monoisotopic (exact) mass is 270 g/mol. The van der Waals surface area contributed by atoms with Crippen LogP contribution in [0.4, 0.5) is 11.4 Å². The fourth-order valence-electron chi connectivity index (χ4n) is 1.80. The summed E-state index contributed by atoms with van der Waals surface area (Å²) < 4.78 is 0. The zero-order valence-corrected chi connectivity index (χ0v) is 11.2. The molecule has 0 aliphatic heterocycles. The third-order valence-electron chi connectivity index (χ3n) is 2.98. The minimum atomic E-state index is -0.460. The van der Waals surface area contributed by atoms with Crippen molar-refractivity contribution in [1.82, 2.24) is 0 Å². The van der Waals surface area contributed by atoms with Crippen LogP contribution in [0.25, 0.3) is 0 Å². The third-order valence-corrected chi connectivity index (χ3v) is 2.98. The van der Waals surface area contributed by atoms with E-state index in [1.54, 1.807) is 25.1 Å². The number of carbonyl (C=O) groups excluding carboxylic acids is 1. The molecule has 5 nitrogen and oxygen atoms in total. The Morgan fingerprint density at radius 3 is 2.30 bits per heavy atom. The van der Waals surface area contributed by atoms with E-state index in [0.717, 1.165) is 5.56 Å². The number of anilines is 1. The van der Waals surface area contributed by atoms with Gasteiger partial charge in [0, 0.05) is 23.4 Å². The first-order chi connectivity index (χ1) is 9.47. The van der Waals surface area contributed by atoms with E-state index in [-0.39, 0.29) is 11.6 Å². The number of nitro benzene ring substituents is 1. The molecule has 0 heterocycles. The van der Waals surface area contributed by atoms with Crippen molar-refractivity contribution in [2.24, 2.45) is 0 Å². The molecule has 0 unspecified atom stereocenters. The first-order valence-corrected chi connectivity index (χ1v) is 6.10. The average Bonchev–Trinajstić information content (AvgIpc) is 2.41. The molecule has 2 aromatic carbocycles. The molecule has 2 aromatic rings. The van der Waals surface area contributed by atoms with Gasteiger partial charge in [-0.25, -0.2) is 0 Å². The highest BCUT2D eigenvalue weighted by Gasteiger charge is 2.11. The number of nitro groups is 1. The molecule has 20 heavy (non-hydrogen) atoms. The molecule has 0 fully saturated rings. The van der Waals surface area contributed by atoms with Crippen LogP contribution < -0.4 is 5.32 Å². The van der Waals surface area contributed by atoms with Gasteiger partial charge in [0.25, 0.3) is 11.6 Å². The summed E-state index contributed by atoms with van der Waals surface area (Å²) in [6.07, 6.45) is 0. The summed E-state index contributed by atoms with van der Waals surface area (Å²) in [5.41, 5.74) is 2.86. The van der Waals surface area contributed by atoms with Crippen molar-refractivity contribution in [1.29, 1.82) is 0 Å². The summed E-state index contributed by atoms with van der Waals surface area (Å²) in [7, 11) is 0. The minimum Gasteiger partial charge on any atom is -0.322 e. The second kappa shape index (κ2) is 5.52. The third kappa shape index (κ3) is 3.00. The highest BCUT2D eigenvalue weighted by atomic mass is 16.6. The number of rotatable bonds is 3. The van der Waals surface area contributed by atoms with Crippen LogP contribution in [0.2, 0.25) is 0 Å². The average molecular weight is 270 g/mol. The van der Waals surface area contributed by atoms with Crippen LogP contribution in [0.1, 0.15) is 21.5 Å². The highest BCUT2D eigenvalue weighted by Crippen LogP contribution is 2.21. The van der Waals surface area contributed by atoms with Crippen LogP contribution in [-0.4, -0.2) is 10.8 Å².